The summed E-state index contributed by atoms with van der Waals surface area (Å²) in [6.07, 6.45) is 3.12. The lowest BCUT2D eigenvalue weighted by Crippen LogP contribution is -2.25. The number of aromatic nitrogens is 1. The Morgan fingerprint density at radius 1 is 1.24 bits per heavy atom. The first-order chi connectivity index (χ1) is 15.8. The minimum absolute atomic E-state index is 0.0987. The van der Waals surface area contributed by atoms with Crippen molar-refractivity contribution < 1.29 is 14.1 Å². The van der Waals surface area contributed by atoms with E-state index in [9.17, 15) is 14.1 Å². The molecule has 4 N–H and O–H groups in total. The van der Waals surface area contributed by atoms with Crippen LogP contribution in [0.5, 0.6) is 0 Å². The number of nitrogens with zero attached hydrogens (tertiary/aromatic N) is 2. The molecule has 1 heterocycles. The Hall–Kier alpha value is -2.94. The predicted molar refractivity (Wildman–Crippen MR) is 133 cm³/mol. The molecule has 174 valence electrons. The summed E-state index contributed by atoms with van der Waals surface area (Å²) in [5.74, 6) is -1.33. The summed E-state index contributed by atoms with van der Waals surface area (Å²) in [6.45, 7) is 2.79. The maximum Gasteiger partial charge on any atom is 0.304 e. The molecule has 2 aromatic carbocycles. The van der Waals surface area contributed by atoms with Gasteiger partial charge >= 0.3 is 5.97 Å². The summed E-state index contributed by atoms with van der Waals surface area (Å²) in [4.78, 5) is 16.3. The molecule has 7 nitrogen and oxygen atoms in total. The molecule has 0 aliphatic rings. The van der Waals surface area contributed by atoms with Crippen LogP contribution in [0.4, 0.5) is 11.4 Å². The Balaban J connectivity index is 1.95. The van der Waals surface area contributed by atoms with Gasteiger partial charge in [0.15, 0.2) is 0 Å². The van der Waals surface area contributed by atoms with Crippen LogP contribution in [-0.2, 0) is 22.3 Å². The van der Waals surface area contributed by atoms with Crippen LogP contribution < -0.4 is 11.1 Å². The Morgan fingerprint density at radius 3 is 2.58 bits per heavy atom. The molecule has 0 aliphatic carbocycles. The van der Waals surface area contributed by atoms with Gasteiger partial charge in [-0.15, -0.1) is 0 Å². The van der Waals surface area contributed by atoms with Gasteiger partial charge in [0.25, 0.3) is 0 Å². The molecule has 0 radical (unpaired) electrons. The summed E-state index contributed by atoms with van der Waals surface area (Å²) in [5, 5.41) is 13.1. The first-order valence-electron chi connectivity index (χ1n) is 10.5. The number of nitrogens with two attached hydrogens (primary N) is 1. The lowest BCUT2D eigenvalue weighted by atomic mass is 9.87. The van der Waals surface area contributed by atoms with Crippen molar-refractivity contribution in [1.82, 2.24) is 9.29 Å². The molecule has 0 fully saturated rings. The zero-order valence-electron chi connectivity index (χ0n) is 18.5. The predicted octanol–water partition coefficient (Wildman–Crippen LogP) is 4.51. The van der Waals surface area contributed by atoms with Crippen molar-refractivity contribution >= 4 is 39.9 Å². The number of rotatable bonds is 10. The normalized spacial score (nSPS) is 13.0. The van der Waals surface area contributed by atoms with Gasteiger partial charge in [0.1, 0.15) is 11.0 Å². The fraction of sp³-hybridized carbons (Fsp3) is 0.250. The Labute approximate surface area is 201 Å². The smallest absolute Gasteiger partial charge is 0.304 e. The van der Waals surface area contributed by atoms with E-state index in [-0.39, 0.29) is 6.42 Å². The third-order valence-corrected chi connectivity index (χ3v) is 7.24. The van der Waals surface area contributed by atoms with Crippen LogP contribution in [0.25, 0.3) is 0 Å². The molecule has 1 aromatic heterocycles. The molecule has 2 unspecified atom stereocenters. The van der Waals surface area contributed by atoms with Crippen molar-refractivity contribution in [2.24, 2.45) is 0 Å². The molecule has 3 aromatic rings. The Morgan fingerprint density at radius 2 is 1.97 bits per heavy atom. The Bertz CT molecular complexity index is 1140. The highest BCUT2D eigenvalue weighted by Crippen LogP contribution is 2.34. The van der Waals surface area contributed by atoms with E-state index in [0.29, 0.717) is 28.7 Å². The molecule has 0 spiro atoms. The summed E-state index contributed by atoms with van der Waals surface area (Å²) in [7, 11) is 0.374. The number of nitrogens with one attached hydrogen (secondary N) is 1. The second-order valence-electron chi connectivity index (χ2n) is 7.49. The molecule has 9 heteroatoms. The van der Waals surface area contributed by atoms with E-state index in [1.165, 1.54) is 0 Å². The fourth-order valence-electron chi connectivity index (χ4n) is 3.64. The van der Waals surface area contributed by atoms with E-state index >= 15 is 0 Å². The maximum absolute atomic E-state index is 13.0. The molecular formula is C24H27ClN4O3S. The van der Waals surface area contributed by atoms with Gasteiger partial charge in [-0.25, -0.2) is 8.51 Å². The van der Waals surface area contributed by atoms with Crippen LogP contribution in [0.3, 0.4) is 0 Å². The van der Waals surface area contributed by atoms with Crippen LogP contribution in [0.1, 0.15) is 36.0 Å². The van der Waals surface area contributed by atoms with Gasteiger partial charge in [-0.05, 0) is 47.0 Å². The second kappa shape index (κ2) is 11.3. The van der Waals surface area contributed by atoms with Crippen LogP contribution in [0, 0.1) is 0 Å². The number of benzene rings is 2. The SMILES string of the molecule is CCN(Cc1cc(C(CC(=O)O)c2ccc(NC)c(N)c2)ccc1Cl)S(=O)c1cccnc1. The highest BCUT2D eigenvalue weighted by molar-refractivity contribution is 7.82. The number of nitrogen functional groups attached to an aromatic ring is 1. The van der Waals surface area contributed by atoms with Gasteiger partial charge < -0.3 is 16.2 Å². The molecule has 0 bridgehead atoms. The number of aliphatic carboxylic acids is 1. The second-order valence-corrected chi connectivity index (χ2v) is 9.39. The van der Waals surface area contributed by atoms with Crippen molar-refractivity contribution in [2.45, 2.75) is 30.7 Å². The average Bonchev–Trinajstić information content (AvgIpc) is 2.82. The van der Waals surface area contributed by atoms with Crippen LogP contribution >= 0.6 is 11.6 Å². The zero-order chi connectivity index (χ0) is 24.0. The van der Waals surface area contributed by atoms with Crippen molar-refractivity contribution in [1.29, 1.82) is 0 Å². The maximum atomic E-state index is 13.0. The highest BCUT2D eigenvalue weighted by atomic mass is 35.5. The summed E-state index contributed by atoms with van der Waals surface area (Å²) in [6, 6.07) is 14.5. The van der Waals surface area contributed by atoms with Gasteiger partial charge in [0, 0.05) is 43.5 Å². The number of carboxylic acids is 1. The van der Waals surface area contributed by atoms with Crippen molar-refractivity contribution in [3.63, 3.8) is 0 Å². The molecular weight excluding hydrogens is 460 g/mol. The highest BCUT2D eigenvalue weighted by Gasteiger charge is 2.21. The first kappa shape index (κ1) is 24.7. The van der Waals surface area contributed by atoms with E-state index in [4.69, 9.17) is 17.3 Å². The Kier molecular flexibility index (Phi) is 8.43. The zero-order valence-corrected chi connectivity index (χ0v) is 20.1. The van der Waals surface area contributed by atoms with Crippen LogP contribution in [0.2, 0.25) is 5.02 Å². The largest absolute Gasteiger partial charge is 0.481 e. The number of hydrogen-bond acceptors (Lipinski definition) is 5. The van der Waals surface area contributed by atoms with Crippen LogP contribution in [0.15, 0.2) is 65.8 Å². The summed E-state index contributed by atoms with van der Waals surface area (Å²) in [5.41, 5.74) is 9.82. The monoisotopic (exact) mass is 486 g/mol. The molecule has 0 aliphatic heterocycles. The molecule has 0 amide bonds. The summed E-state index contributed by atoms with van der Waals surface area (Å²) < 4.78 is 14.8. The van der Waals surface area contributed by atoms with Crippen molar-refractivity contribution in [3.05, 3.63) is 82.6 Å². The van der Waals surface area contributed by atoms with Crippen molar-refractivity contribution in [2.75, 3.05) is 24.6 Å². The van der Waals surface area contributed by atoms with E-state index in [1.54, 1.807) is 48.0 Å². The van der Waals surface area contributed by atoms with Gasteiger partial charge in [-0.3, -0.25) is 9.78 Å². The fourth-order valence-corrected chi connectivity index (χ4v) is 4.95. The molecule has 3 rings (SSSR count). The molecule has 0 saturated carbocycles. The van der Waals surface area contributed by atoms with Gasteiger partial charge in [0.2, 0.25) is 0 Å². The van der Waals surface area contributed by atoms with Crippen LogP contribution in [-0.4, -0.2) is 38.2 Å². The number of anilines is 2. The lowest BCUT2D eigenvalue weighted by Gasteiger charge is -2.22. The minimum Gasteiger partial charge on any atom is -0.481 e. The quantitative estimate of drug-likeness (QED) is 0.364. The van der Waals surface area contributed by atoms with Crippen molar-refractivity contribution in [3.8, 4) is 0 Å². The summed E-state index contributed by atoms with van der Waals surface area (Å²) >= 11 is 6.49. The number of carboxylic acid groups (broad SMARTS) is 1. The lowest BCUT2D eigenvalue weighted by molar-refractivity contribution is -0.137. The van der Waals surface area contributed by atoms with E-state index in [2.05, 4.69) is 10.3 Å². The number of carbonyl (C=O) groups is 1. The van der Waals surface area contributed by atoms with E-state index < -0.39 is 22.9 Å². The molecule has 33 heavy (non-hydrogen) atoms. The van der Waals surface area contributed by atoms with Gasteiger partial charge in [-0.2, -0.15) is 0 Å². The minimum atomic E-state index is -1.40. The third-order valence-electron chi connectivity index (χ3n) is 5.37. The number of hydrogen-bond donors (Lipinski definition) is 3. The number of halogens is 1. The van der Waals surface area contributed by atoms with E-state index in [1.807, 2.05) is 31.2 Å². The molecule has 2 atom stereocenters. The van der Waals surface area contributed by atoms with Gasteiger partial charge in [-0.1, -0.05) is 36.7 Å². The standard InChI is InChI=1S/C24H27ClN4O3S/c1-3-29(33(32)19-5-4-10-28-14-19)15-18-11-16(6-8-21(18)25)20(13-24(30)31)17-7-9-23(27-2)22(26)12-17/h4-12,14,20,27H,3,13,15,26H2,1-2H3,(H,30,31). The first-order valence-corrected chi connectivity index (χ1v) is 12.0. The van der Waals surface area contributed by atoms with E-state index in [0.717, 1.165) is 22.4 Å². The topological polar surface area (TPSA) is 109 Å². The van der Waals surface area contributed by atoms with Gasteiger partial charge in [0.05, 0.1) is 22.7 Å². The number of pyridine rings is 1. The third kappa shape index (κ3) is 6.10. The molecule has 0 saturated heterocycles. The average molecular weight is 487 g/mol.